The zero-order valence-electron chi connectivity index (χ0n) is 8.80. The Bertz CT molecular complexity index is 456. The highest BCUT2D eigenvalue weighted by atomic mass is 19.1. The first-order valence-electron chi connectivity index (χ1n) is 5.09. The van der Waals surface area contributed by atoms with Gasteiger partial charge in [-0.15, -0.1) is 0 Å². The van der Waals surface area contributed by atoms with Crippen LogP contribution in [0.3, 0.4) is 0 Å². The third kappa shape index (κ3) is 1.45. The molecule has 0 atom stereocenters. The topological polar surface area (TPSA) is 44.0 Å². The Balaban J connectivity index is 2.47. The first-order valence-corrected chi connectivity index (χ1v) is 5.09. The fourth-order valence-electron chi connectivity index (χ4n) is 2.08. The summed E-state index contributed by atoms with van der Waals surface area (Å²) in [5.74, 6) is -0.775. The fraction of sp³-hybridized carbons (Fsp3) is 0.364. The minimum Gasteiger partial charge on any atom is -0.503 e. The van der Waals surface area contributed by atoms with Gasteiger partial charge < -0.3 is 5.11 Å². The molecule has 16 heavy (non-hydrogen) atoms. The molecule has 0 radical (unpaired) electrons. The average molecular weight is 221 g/mol. The smallest absolute Gasteiger partial charge is 0.275 e. The van der Waals surface area contributed by atoms with Gasteiger partial charge >= 0.3 is 0 Å². The molecule has 1 aromatic carbocycles. The van der Waals surface area contributed by atoms with Gasteiger partial charge in [-0.05, 0) is 35.9 Å². The van der Waals surface area contributed by atoms with Crippen LogP contribution in [0.2, 0.25) is 6.82 Å². The van der Waals surface area contributed by atoms with Gasteiger partial charge in [0.25, 0.3) is 6.71 Å². The zero-order valence-corrected chi connectivity index (χ0v) is 8.80. The number of phenolic OH excluding ortho intramolecular Hbond substituents is 1. The lowest BCUT2D eigenvalue weighted by Gasteiger charge is -2.16. The van der Waals surface area contributed by atoms with Gasteiger partial charge in [-0.1, -0.05) is 6.82 Å². The molecule has 0 spiro atoms. The standard InChI is InChI=1S/C11H10BF2NO/c1-12(6-15)11(2-3-11)7-4-8(13)10(16)9(14)5-7/h4-5,16H,2-3H2,1H3. The molecule has 1 saturated carbocycles. The lowest BCUT2D eigenvalue weighted by molar-refractivity contribution is 0.395. The van der Waals surface area contributed by atoms with E-state index in [1.807, 2.05) is 0 Å². The Kier molecular flexibility index (Phi) is 2.38. The van der Waals surface area contributed by atoms with Crippen molar-refractivity contribution in [2.24, 2.45) is 0 Å². The predicted octanol–water partition coefficient (Wildman–Crippen LogP) is 2.43. The van der Waals surface area contributed by atoms with Crippen LogP contribution < -0.4 is 0 Å². The third-order valence-corrected chi connectivity index (χ3v) is 3.40. The zero-order chi connectivity index (χ0) is 11.9. The number of hydrogen-bond acceptors (Lipinski definition) is 2. The maximum atomic E-state index is 13.2. The monoisotopic (exact) mass is 221 g/mol. The van der Waals surface area contributed by atoms with Crippen molar-refractivity contribution in [2.75, 3.05) is 0 Å². The highest BCUT2D eigenvalue weighted by Gasteiger charge is 2.51. The van der Waals surface area contributed by atoms with Gasteiger partial charge in [0.1, 0.15) is 0 Å². The van der Waals surface area contributed by atoms with Crippen molar-refractivity contribution in [3.05, 3.63) is 29.3 Å². The molecular weight excluding hydrogens is 211 g/mol. The summed E-state index contributed by atoms with van der Waals surface area (Å²) < 4.78 is 26.4. The second kappa shape index (κ2) is 3.48. The first kappa shape index (κ1) is 10.9. The van der Waals surface area contributed by atoms with E-state index in [2.05, 4.69) is 5.97 Å². The molecule has 5 heteroatoms. The van der Waals surface area contributed by atoms with Crippen LogP contribution >= 0.6 is 0 Å². The van der Waals surface area contributed by atoms with Gasteiger partial charge in [0.2, 0.25) is 0 Å². The van der Waals surface area contributed by atoms with Crippen molar-refractivity contribution in [1.29, 1.82) is 5.26 Å². The van der Waals surface area contributed by atoms with Gasteiger partial charge in [-0.3, -0.25) is 0 Å². The number of benzene rings is 1. The molecule has 82 valence electrons. The number of halogens is 2. The average Bonchev–Trinajstić information content (AvgIpc) is 3.05. The SMILES string of the molecule is CB(C#N)C1(c2cc(F)c(O)c(F)c2)CC1. The molecule has 0 saturated heterocycles. The van der Waals surface area contributed by atoms with Crippen LogP contribution in [0.1, 0.15) is 18.4 Å². The van der Waals surface area contributed by atoms with Crippen LogP contribution in [0.15, 0.2) is 12.1 Å². The van der Waals surface area contributed by atoms with Crippen LogP contribution in [0.5, 0.6) is 5.75 Å². The van der Waals surface area contributed by atoms with E-state index in [1.165, 1.54) is 0 Å². The molecule has 1 N–H and O–H groups in total. The Labute approximate surface area is 92.6 Å². The van der Waals surface area contributed by atoms with Crippen molar-refractivity contribution < 1.29 is 13.9 Å². The van der Waals surface area contributed by atoms with Crippen molar-refractivity contribution in [2.45, 2.75) is 25.0 Å². The summed E-state index contributed by atoms with van der Waals surface area (Å²) in [6.45, 7) is 1.46. The molecule has 1 aromatic rings. The predicted molar refractivity (Wildman–Crippen MR) is 56.2 cm³/mol. The highest BCUT2D eigenvalue weighted by molar-refractivity contribution is 6.69. The van der Waals surface area contributed by atoms with Gasteiger partial charge in [0, 0.05) is 5.97 Å². The Morgan fingerprint density at radius 1 is 1.38 bits per heavy atom. The quantitative estimate of drug-likeness (QED) is 0.779. The molecule has 2 nitrogen and oxygen atoms in total. The van der Waals surface area contributed by atoms with Crippen LogP contribution in [0.4, 0.5) is 8.78 Å². The lowest BCUT2D eigenvalue weighted by atomic mass is 9.40. The van der Waals surface area contributed by atoms with Gasteiger partial charge in [-0.2, -0.15) is 0 Å². The maximum absolute atomic E-state index is 13.2. The second-order valence-electron chi connectivity index (χ2n) is 4.30. The van der Waals surface area contributed by atoms with Gasteiger partial charge in [-0.25, -0.2) is 14.0 Å². The lowest BCUT2D eigenvalue weighted by Crippen LogP contribution is -2.26. The summed E-state index contributed by atoms with van der Waals surface area (Å²) in [6.07, 6.45) is 1.51. The molecule has 1 aliphatic carbocycles. The van der Waals surface area contributed by atoms with Crippen molar-refractivity contribution >= 4 is 6.71 Å². The van der Waals surface area contributed by atoms with E-state index in [-0.39, 0.29) is 6.71 Å². The largest absolute Gasteiger partial charge is 0.503 e. The summed E-state index contributed by atoms with van der Waals surface area (Å²) in [5.41, 5.74) is 0.467. The summed E-state index contributed by atoms with van der Waals surface area (Å²) >= 11 is 0. The van der Waals surface area contributed by atoms with E-state index in [4.69, 9.17) is 10.4 Å². The van der Waals surface area contributed by atoms with Crippen LogP contribution in [0.25, 0.3) is 0 Å². The Morgan fingerprint density at radius 2 is 1.88 bits per heavy atom. The van der Waals surface area contributed by atoms with E-state index in [0.29, 0.717) is 5.56 Å². The van der Waals surface area contributed by atoms with E-state index in [0.717, 1.165) is 25.0 Å². The molecule has 0 unspecified atom stereocenters. The van der Waals surface area contributed by atoms with Gasteiger partial charge in [0.05, 0.1) is 0 Å². The molecule has 0 bridgehead atoms. The number of phenols is 1. The number of aromatic hydroxyl groups is 1. The first-order chi connectivity index (χ1) is 7.51. The molecule has 0 aromatic heterocycles. The molecular formula is C11H10BF2NO. The number of rotatable bonds is 2. The molecule has 0 heterocycles. The molecule has 2 rings (SSSR count). The Morgan fingerprint density at radius 3 is 2.25 bits per heavy atom. The number of nitriles is 1. The van der Waals surface area contributed by atoms with E-state index >= 15 is 0 Å². The van der Waals surface area contributed by atoms with Crippen LogP contribution in [-0.2, 0) is 5.31 Å². The highest BCUT2D eigenvalue weighted by Crippen LogP contribution is 2.50. The van der Waals surface area contributed by atoms with Crippen molar-refractivity contribution in [3.63, 3.8) is 0 Å². The normalized spacial score (nSPS) is 16.6. The van der Waals surface area contributed by atoms with Gasteiger partial charge in [0.15, 0.2) is 17.4 Å². The number of nitrogens with zero attached hydrogens (tertiary/aromatic N) is 1. The molecule has 0 amide bonds. The minimum absolute atomic E-state index is 0.282. The van der Waals surface area contributed by atoms with E-state index < -0.39 is 22.7 Å². The maximum Gasteiger partial charge on any atom is 0.275 e. The van der Waals surface area contributed by atoms with Crippen molar-refractivity contribution in [3.8, 4) is 11.7 Å². The third-order valence-electron chi connectivity index (χ3n) is 3.40. The summed E-state index contributed by atoms with van der Waals surface area (Å²) in [6, 6.07) is 2.25. The second-order valence-corrected chi connectivity index (χ2v) is 4.30. The molecule has 1 fully saturated rings. The van der Waals surface area contributed by atoms with E-state index in [1.54, 1.807) is 6.82 Å². The van der Waals surface area contributed by atoms with Crippen molar-refractivity contribution in [1.82, 2.24) is 0 Å². The molecule has 0 aliphatic heterocycles. The van der Waals surface area contributed by atoms with Crippen LogP contribution in [0, 0.1) is 22.9 Å². The summed E-state index contributed by atoms with van der Waals surface area (Å²) in [7, 11) is 0. The number of hydrogen-bond donors (Lipinski definition) is 1. The van der Waals surface area contributed by atoms with E-state index in [9.17, 15) is 8.78 Å². The molecule has 1 aliphatic rings. The van der Waals surface area contributed by atoms with Crippen LogP contribution in [-0.4, -0.2) is 11.8 Å². The summed E-state index contributed by atoms with van der Waals surface area (Å²) in [4.78, 5) is 0. The minimum atomic E-state index is -0.966. The summed E-state index contributed by atoms with van der Waals surface area (Å²) in [5, 5.41) is 17.4. The fourth-order valence-corrected chi connectivity index (χ4v) is 2.08. The Hall–Kier alpha value is -1.57.